The van der Waals surface area contributed by atoms with E-state index in [0.717, 1.165) is 10.3 Å². The summed E-state index contributed by atoms with van der Waals surface area (Å²) in [5.74, 6) is 0.392. The second kappa shape index (κ2) is 4.62. The summed E-state index contributed by atoms with van der Waals surface area (Å²) in [6.07, 6.45) is 0.360. The molecule has 0 spiro atoms. The minimum Gasteiger partial charge on any atom is -0.354 e. The van der Waals surface area contributed by atoms with Crippen LogP contribution in [0, 0.1) is 0 Å². The van der Waals surface area contributed by atoms with Crippen LogP contribution in [0.25, 0.3) is 11.0 Å². The van der Waals surface area contributed by atoms with Crippen molar-refractivity contribution in [2.24, 2.45) is 0 Å². The maximum Gasteiger partial charge on any atom is 0.230 e. The lowest BCUT2D eigenvalue weighted by Gasteiger charge is -1.99. The quantitative estimate of drug-likeness (QED) is 0.785. The average molecular weight is 258 g/mol. The van der Waals surface area contributed by atoms with E-state index in [0.29, 0.717) is 17.8 Å². The van der Waals surface area contributed by atoms with E-state index in [1.54, 1.807) is 11.3 Å². The number of hydrogen-bond acceptors (Lipinski definition) is 4. The Hall–Kier alpha value is -2.14. The van der Waals surface area contributed by atoms with Crippen LogP contribution in [0.1, 0.15) is 4.88 Å². The molecule has 3 rings (SSSR count). The molecule has 0 fully saturated rings. The van der Waals surface area contributed by atoms with Crippen LogP contribution in [0.15, 0.2) is 46.3 Å². The Bertz CT molecular complexity index is 673. The monoisotopic (exact) mass is 258 g/mol. The Morgan fingerprint density at radius 3 is 3.00 bits per heavy atom. The van der Waals surface area contributed by atoms with E-state index in [1.807, 2.05) is 41.8 Å². The highest BCUT2D eigenvalue weighted by Gasteiger charge is 2.11. The topological polar surface area (TPSA) is 55.1 Å². The Morgan fingerprint density at radius 2 is 2.17 bits per heavy atom. The molecule has 0 aliphatic carbocycles. The van der Waals surface area contributed by atoms with Crippen LogP contribution in [-0.2, 0) is 11.2 Å². The van der Waals surface area contributed by atoms with Gasteiger partial charge in [-0.1, -0.05) is 23.4 Å². The summed E-state index contributed by atoms with van der Waals surface area (Å²) in [5, 5.41) is 9.40. The van der Waals surface area contributed by atoms with Gasteiger partial charge in [-0.15, -0.1) is 11.3 Å². The minimum atomic E-state index is -0.0866. The third kappa shape index (κ3) is 2.12. The van der Waals surface area contributed by atoms with Crippen molar-refractivity contribution >= 4 is 34.0 Å². The first-order chi connectivity index (χ1) is 8.83. The number of nitrogens with zero attached hydrogens (tertiary/aromatic N) is 1. The molecule has 0 saturated carbocycles. The zero-order valence-electron chi connectivity index (χ0n) is 9.42. The van der Waals surface area contributed by atoms with Crippen LogP contribution in [0.5, 0.6) is 0 Å². The highest BCUT2D eigenvalue weighted by molar-refractivity contribution is 7.10. The summed E-state index contributed by atoms with van der Waals surface area (Å²) in [5.41, 5.74) is 0.670. The number of para-hydroxylation sites is 1. The van der Waals surface area contributed by atoms with E-state index >= 15 is 0 Å². The third-order valence-corrected chi connectivity index (χ3v) is 3.43. The first-order valence-corrected chi connectivity index (χ1v) is 6.37. The van der Waals surface area contributed by atoms with Gasteiger partial charge in [-0.2, -0.15) is 0 Å². The van der Waals surface area contributed by atoms with Crippen LogP contribution in [0.4, 0.5) is 5.82 Å². The van der Waals surface area contributed by atoms with Crippen molar-refractivity contribution < 1.29 is 9.32 Å². The highest BCUT2D eigenvalue weighted by atomic mass is 32.1. The fourth-order valence-electron chi connectivity index (χ4n) is 1.72. The zero-order valence-corrected chi connectivity index (χ0v) is 10.2. The molecule has 1 aromatic carbocycles. The van der Waals surface area contributed by atoms with Gasteiger partial charge < -0.3 is 9.84 Å². The molecule has 0 saturated heterocycles. The molecule has 1 N–H and O–H groups in total. The molecule has 2 aromatic heterocycles. The van der Waals surface area contributed by atoms with Crippen molar-refractivity contribution in [2.75, 3.05) is 5.32 Å². The largest absolute Gasteiger partial charge is 0.354 e. The molecule has 0 atom stereocenters. The lowest BCUT2D eigenvalue weighted by Crippen LogP contribution is -2.14. The number of nitrogens with one attached hydrogen (secondary N) is 1. The summed E-state index contributed by atoms with van der Waals surface area (Å²) in [6.45, 7) is 0. The van der Waals surface area contributed by atoms with E-state index in [1.165, 1.54) is 0 Å². The van der Waals surface area contributed by atoms with Crippen LogP contribution in [0.3, 0.4) is 0 Å². The fourth-order valence-corrected chi connectivity index (χ4v) is 2.43. The van der Waals surface area contributed by atoms with Crippen LogP contribution in [-0.4, -0.2) is 11.1 Å². The molecule has 90 valence electrons. The number of hydrogen-bond donors (Lipinski definition) is 1. The van der Waals surface area contributed by atoms with Crippen molar-refractivity contribution in [1.29, 1.82) is 0 Å². The summed E-state index contributed by atoms with van der Waals surface area (Å²) < 4.78 is 5.12. The second-order valence-corrected chi connectivity index (χ2v) is 4.86. The molecule has 0 aliphatic heterocycles. The lowest BCUT2D eigenvalue weighted by atomic mass is 10.2. The average Bonchev–Trinajstić information content (AvgIpc) is 3.00. The molecule has 0 bridgehead atoms. The number of thiophene rings is 1. The van der Waals surface area contributed by atoms with Crippen LogP contribution < -0.4 is 5.32 Å². The molecule has 2 heterocycles. The van der Waals surface area contributed by atoms with Crippen molar-refractivity contribution in [3.63, 3.8) is 0 Å². The first-order valence-electron chi connectivity index (χ1n) is 5.49. The zero-order chi connectivity index (χ0) is 12.4. The van der Waals surface area contributed by atoms with E-state index in [2.05, 4.69) is 10.5 Å². The summed E-state index contributed by atoms with van der Waals surface area (Å²) >= 11 is 1.56. The van der Waals surface area contributed by atoms with Crippen LogP contribution in [0.2, 0.25) is 0 Å². The Kier molecular flexibility index (Phi) is 2.82. The number of benzene rings is 1. The second-order valence-electron chi connectivity index (χ2n) is 3.83. The number of fused-ring (bicyclic) bond motifs is 1. The Morgan fingerprint density at radius 1 is 1.28 bits per heavy atom. The third-order valence-electron chi connectivity index (χ3n) is 2.55. The van der Waals surface area contributed by atoms with Gasteiger partial charge in [-0.25, -0.2) is 0 Å². The molecule has 0 unspecified atom stereocenters. The number of carbonyl (C=O) groups is 1. The molecule has 0 aliphatic rings. The number of anilines is 1. The van der Waals surface area contributed by atoms with Gasteiger partial charge in [-0.05, 0) is 23.6 Å². The van der Waals surface area contributed by atoms with Crippen LogP contribution >= 0.6 is 11.3 Å². The van der Waals surface area contributed by atoms with Gasteiger partial charge >= 0.3 is 0 Å². The molecule has 3 aromatic rings. The van der Waals surface area contributed by atoms with E-state index in [9.17, 15) is 4.79 Å². The summed E-state index contributed by atoms with van der Waals surface area (Å²) in [4.78, 5) is 12.9. The lowest BCUT2D eigenvalue weighted by molar-refractivity contribution is -0.115. The number of amides is 1. The maximum atomic E-state index is 11.8. The Labute approximate surface area is 107 Å². The van der Waals surface area contributed by atoms with Gasteiger partial charge in [0.05, 0.1) is 11.8 Å². The highest BCUT2D eigenvalue weighted by Crippen LogP contribution is 2.22. The predicted octanol–water partition coefficient (Wildman–Crippen LogP) is 3.07. The molecule has 4 nitrogen and oxygen atoms in total. The molecule has 18 heavy (non-hydrogen) atoms. The van der Waals surface area contributed by atoms with Crippen molar-refractivity contribution in [3.8, 4) is 0 Å². The van der Waals surface area contributed by atoms with E-state index < -0.39 is 0 Å². The van der Waals surface area contributed by atoms with Gasteiger partial charge in [0.2, 0.25) is 5.91 Å². The fraction of sp³-hybridized carbons (Fsp3) is 0.0769. The van der Waals surface area contributed by atoms with Gasteiger partial charge in [0.15, 0.2) is 11.4 Å². The van der Waals surface area contributed by atoms with Gasteiger partial charge in [-0.3, -0.25) is 4.79 Å². The van der Waals surface area contributed by atoms with Gasteiger partial charge in [0, 0.05) is 4.88 Å². The Balaban J connectivity index is 1.78. The van der Waals surface area contributed by atoms with E-state index in [-0.39, 0.29) is 5.91 Å². The maximum absolute atomic E-state index is 11.8. The van der Waals surface area contributed by atoms with Crippen molar-refractivity contribution in [1.82, 2.24) is 5.16 Å². The molecular weight excluding hydrogens is 248 g/mol. The van der Waals surface area contributed by atoms with Gasteiger partial charge in [0.25, 0.3) is 0 Å². The van der Waals surface area contributed by atoms with E-state index in [4.69, 9.17) is 4.52 Å². The van der Waals surface area contributed by atoms with Crippen molar-refractivity contribution in [3.05, 3.63) is 46.7 Å². The SMILES string of the molecule is O=C(Cc1cccs1)Nc1noc2ccccc12. The molecule has 0 radical (unpaired) electrons. The standard InChI is InChI=1S/C13H10N2O2S/c16-12(8-9-4-3-7-18-9)14-13-10-5-1-2-6-11(10)17-15-13/h1-7H,8H2,(H,14,15,16). The number of aromatic nitrogens is 1. The smallest absolute Gasteiger partial charge is 0.230 e. The predicted molar refractivity (Wildman–Crippen MR) is 70.7 cm³/mol. The normalized spacial score (nSPS) is 10.7. The minimum absolute atomic E-state index is 0.0866. The van der Waals surface area contributed by atoms with Crippen molar-refractivity contribution in [2.45, 2.75) is 6.42 Å². The first kappa shape index (κ1) is 11.0. The molecule has 1 amide bonds. The number of carbonyl (C=O) groups excluding carboxylic acids is 1. The summed E-state index contributed by atoms with van der Waals surface area (Å²) in [7, 11) is 0. The summed E-state index contributed by atoms with van der Waals surface area (Å²) in [6, 6.07) is 11.3. The molecular formula is C13H10N2O2S. The molecule has 5 heteroatoms. The van der Waals surface area contributed by atoms with Gasteiger partial charge in [0.1, 0.15) is 0 Å². The number of rotatable bonds is 3.